The Morgan fingerprint density at radius 2 is 2.11 bits per heavy atom. The van der Waals surface area contributed by atoms with Crippen LogP contribution in [-0.4, -0.2) is 42.1 Å². The van der Waals surface area contributed by atoms with Crippen LogP contribution in [0.1, 0.15) is 18.1 Å². The maximum Gasteiger partial charge on any atom is 0.221 e. The van der Waals surface area contributed by atoms with Gasteiger partial charge < -0.3 is 10.4 Å². The third-order valence-corrected chi connectivity index (χ3v) is 3.16. The minimum atomic E-state index is -0.968. The predicted octanol–water partition coefficient (Wildman–Crippen LogP) is 0.820. The van der Waals surface area contributed by atoms with Gasteiger partial charge in [-0.15, -0.1) is 0 Å². The average Bonchev–Trinajstić information content (AvgIpc) is 2.58. The van der Waals surface area contributed by atoms with Gasteiger partial charge in [0.1, 0.15) is 0 Å². The van der Waals surface area contributed by atoms with Crippen LogP contribution in [0.3, 0.4) is 0 Å². The van der Waals surface area contributed by atoms with Crippen molar-refractivity contribution < 1.29 is 18.7 Å². The molecular formula is C13H16F2N2O2. The molecule has 1 aliphatic heterocycles. The number of hydrogen-bond acceptors (Lipinski definition) is 3. The number of hydrogen-bond donors (Lipinski definition) is 2. The Balaban J connectivity index is 1.97. The highest BCUT2D eigenvalue weighted by molar-refractivity contribution is 5.76. The molecule has 6 heteroatoms. The molecule has 1 saturated heterocycles. The van der Waals surface area contributed by atoms with Crippen molar-refractivity contribution in [1.29, 1.82) is 0 Å². The molecule has 1 aromatic rings. The van der Waals surface area contributed by atoms with Gasteiger partial charge in [-0.1, -0.05) is 6.07 Å². The first kappa shape index (κ1) is 13.9. The van der Waals surface area contributed by atoms with E-state index in [1.54, 1.807) is 0 Å². The van der Waals surface area contributed by atoms with Crippen LogP contribution in [0.4, 0.5) is 8.78 Å². The summed E-state index contributed by atoms with van der Waals surface area (Å²) >= 11 is 0. The summed E-state index contributed by atoms with van der Waals surface area (Å²) in [5.74, 6) is -1.91. The lowest BCUT2D eigenvalue weighted by Crippen LogP contribution is -2.32. The molecule has 19 heavy (non-hydrogen) atoms. The van der Waals surface area contributed by atoms with Crippen LogP contribution in [0.25, 0.3) is 0 Å². The highest BCUT2D eigenvalue weighted by Crippen LogP contribution is 2.17. The van der Waals surface area contributed by atoms with E-state index in [0.29, 0.717) is 38.2 Å². The van der Waals surface area contributed by atoms with E-state index in [1.807, 2.05) is 4.90 Å². The number of carbonyl (C=O) groups excluding carboxylic acids is 1. The zero-order valence-electron chi connectivity index (χ0n) is 10.4. The van der Waals surface area contributed by atoms with Gasteiger partial charge >= 0.3 is 0 Å². The zero-order valence-corrected chi connectivity index (χ0v) is 10.4. The van der Waals surface area contributed by atoms with Crippen LogP contribution in [0.5, 0.6) is 0 Å². The lowest BCUT2D eigenvalue weighted by molar-refractivity contribution is -0.120. The monoisotopic (exact) mass is 270 g/mol. The summed E-state index contributed by atoms with van der Waals surface area (Å²) in [6.07, 6.45) is -0.520. The van der Waals surface area contributed by atoms with E-state index in [2.05, 4.69) is 5.32 Å². The van der Waals surface area contributed by atoms with Crippen molar-refractivity contribution in [3.05, 3.63) is 35.4 Å². The standard InChI is InChI=1S/C13H16F2N2O2/c14-10-2-1-9(7-11(10)15)12(18)8-17-5-3-13(19)16-4-6-17/h1-2,7,12,18H,3-6,8H2,(H,16,19). The topological polar surface area (TPSA) is 52.6 Å². The van der Waals surface area contributed by atoms with Crippen molar-refractivity contribution in [3.63, 3.8) is 0 Å². The number of nitrogens with one attached hydrogen (secondary N) is 1. The van der Waals surface area contributed by atoms with Gasteiger partial charge in [0.2, 0.25) is 5.91 Å². The molecule has 0 radical (unpaired) electrons. The predicted molar refractivity (Wildman–Crippen MR) is 65.4 cm³/mol. The summed E-state index contributed by atoms with van der Waals surface area (Å²) in [6, 6.07) is 3.37. The Morgan fingerprint density at radius 3 is 2.84 bits per heavy atom. The highest BCUT2D eigenvalue weighted by atomic mass is 19.2. The number of rotatable bonds is 3. The molecule has 1 unspecified atom stereocenters. The van der Waals surface area contributed by atoms with Gasteiger partial charge in [-0.3, -0.25) is 9.69 Å². The lowest BCUT2D eigenvalue weighted by Gasteiger charge is -2.22. The van der Waals surface area contributed by atoms with E-state index in [1.165, 1.54) is 6.07 Å². The summed E-state index contributed by atoms with van der Waals surface area (Å²) in [5.41, 5.74) is 0.336. The van der Waals surface area contributed by atoms with Crippen molar-refractivity contribution in [3.8, 4) is 0 Å². The first-order valence-corrected chi connectivity index (χ1v) is 6.18. The molecular weight excluding hydrogens is 254 g/mol. The minimum Gasteiger partial charge on any atom is -0.387 e. The smallest absolute Gasteiger partial charge is 0.221 e. The Labute approximate surface area is 110 Å². The quantitative estimate of drug-likeness (QED) is 0.855. The Kier molecular flexibility index (Phi) is 4.44. The Bertz CT molecular complexity index is 468. The van der Waals surface area contributed by atoms with Crippen LogP contribution in [-0.2, 0) is 4.79 Å². The van der Waals surface area contributed by atoms with Gasteiger partial charge in [0.25, 0.3) is 0 Å². The van der Waals surface area contributed by atoms with E-state index in [4.69, 9.17) is 0 Å². The first-order chi connectivity index (χ1) is 9.06. The second-order valence-electron chi connectivity index (χ2n) is 4.59. The summed E-state index contributed by atoms with van der Waals surface area (Å²) < 4.78 is 25.9. The van der Waals surface area contributed by atoms with Gasteiger partial charge in [0.05, 0.1) is 6.10 Å². The number of halogens is 2. The zero-order chi connectivity index (χ0) is 13.8. The fourth-order valence-corrected chi connectivity index (χ4v) is 2.07. The third-order valence-electron chi connectivity index (χ3n) is 3.16. The second kappa shape index (κ2) is 6.08. The third kappa shape index (κ3) is 3.71. The summed E-state index contributed by atoms with van der Waals surface area (Å²) in [6.45, 7) is 2.00. The molecule has 1 heterocycles. The van der Waals surface area contributed by atoms with E-state index in [9.17, 15) is 18.7 Å². The normalized spacial score (nSPS) is 18.8. The average molecular weight is 270 g/mol. The number of β-amino-alcohol motifs (C(OH)–C–C–N with tert-alkyl or cyclic N) is 1. The number of carbonyl (C=O) groups is 1. The fourth-order valence-electron chi connectivity index (χ4n) is 2.07. The maximum atomic E-state index is 13.1. The van der Waals surface area contributed by atoms with Gasteiger partial charge in [-0.05, 0) is 17.7 Å². The van der Waals surface area contributed by atoms with Crippen LogP contribution >= 0.6 is 0 Å². The second-order valence-corrected chi connectivity index (χ2v) is 4.59. The van der Waals surface area contributed by atoms with Crippen molar-refractivity contribution >= 4 is 5.91 Å². The van der Waals surface area contributed by atoms with Crippen LogP contribution in [0.2, 0.25) is 0 Å². The number of nitrogens with zero attached hydrogens (tertiary/aromatic N) is 1. The molecule has 104 valence electrons. The van der Waals surface area contributed by atoms with E-state index >= 15 is 0 Å². The van der Waals surface area contributed by atoms with Gasteiger partial charge in [-0.25, -0.2) is 8.78 Å². The van der Waals surface area contributed by atoms with Crippen LogP contribution in [0, 0.1) is 11.6 Å². The molecule has 0 saturated carbocycles. The molecule has 1 amide bonds. The van der Waals surface area contributed by atoms with Crippen molar-refractivity contribution in [2.24, 2.45) is 0 Å². The fraction of sp³-hybridized carbons (Fsp3) is 0.462. The van der Waals surface area contributed by atoms with Crippen molar-refractivity contribution in [2.45, 2.75) is 12.5 Å². The van der Waals surface area contributed by atoms with E-state index in [0.717, 1.165) is 12.1 Å². The van der Waals surface area contributed by atoms with E-state index < -0.39 is 17.7 Å². The highest BCUT2D eigenvalue weighted by Gasteiger charge is 2.18. The molecule has 1 aromatic carbocycles. The Morgan fingerprint density at radius 1 is 1.32 bits per heavy atom. The number of aliphatic hydroxyl groups is 1. The molecule has 0 aromatic heterocycles. The van der Waals surface area contributed by atoms with Gasteiger partial charge in [0, 0.05) is 32.6 Å². The molecule has 2 rings (SSSR count). The van der Waals surface area contributed by atoms with Crippen LogP contribution < -0.4 is 5.32 Å². The number of aliphatic hydroxyl groups excluding tert-OH is 1. The molecule has 0 spiro atoms. The summed E-state index contributed by atoms with van der Waals surface area (Å²) in [4.78, 5) is 13.1. The molecule has 1 aliphatic rings. The van der Waals surface area contributed by atoms with Crippen molar-refractivity contribution in [2.75, 3.05) is 26.2 Å². The first-order valence-electron chi connectivity index (χ1n) is 6.18. The van der Waals surface area contributed by atoms with Gasteiger partial charge in [-0.2, -0.15) is 0 Å². The summed E-state index contributed by atoms with van der Waals surface area (Å²) in [5, 5.41) is 12.7. The minimum absolute atomic E-state index is 0.00943. The molecule has 2 N–H and O–H groups in total. The van der Waals surface area contributed by atoms with E-state index in [-0.39, 0.29) is 5.91 Å². The molecule has 1 atom stereocenters. The largest absolute Gasteiger partial charge is 0.387 e. The molecule has 0 bridgehead atoms. The lowest BCUT2D eigenvalue weighted by atomic mass is 10.1. The number of amides is 1. The van der Waals surface area contributed by atoms with Crippen LogP contribution in [0.15, 0.2) is 18.2 Å². The van der Waals surface area contributed by atoms with Gasteiger partial charge in [0.15, 0.2) is 11.6 Å². The Hall–Kier alpha value is -1.53. The SMILES string of the molecule is O=C1CCN(CC(O)c2ccc(F)c(F)c2)CCN1. The molecule has 0 aliphatic carbocycles. The number of benzene rings is 1. The molecule has 1 fully saturated rings. The maximum absolute atomic E-state index is 13.1. The van der Waals surface area contributed by atoms with Crippen molar-refractivity contribution in [1.82, 2.24) is 10.2 Å². The molecule has 4 nitrogen and oxygen atoms in total. The summed E-state index contributed by atoms with van der Waals surface area (Å²) in [7, 11) is 0.